The molecule has 8 aromatic rings. The Bertz CT molecular complexity index is 3620. The topological polar surface area (TPSA) is 303 Å². The normalized spacial score (nSPS) is 20.4. The van der Waals surface area contributed by atoms with E-state index in [0.717, 1.165) is 35.1 Å². The van der Waals surface area contributed by atoms with Crippen LogP contribution >= 0.6 is 0 Å². The van der Waals surface area contributed by atoms with E-state index in [0.29, 0.717) is 58.3 Å². The summed E-state index contributed by atoms with van der Waals surface area (Å²) < 4.78 is 12.8. The number of aryl methyl sites for hydroxylation is 2. The molecule has 14 rings (SSSR count). The Hall–Kier alpha value is -8.16. The smallest absolute Gasteiger partial charge is 0.269 e. The number of primary amides is 2. The summed E-state index contributed by atoms with van der Waals surface area (Å²) in [6, 6.07) is 14.6. The van der Waals surface area contributed by atoms with Crippen molar-refractivity contribution in [3.8, 4) is 34.6 Å². The standard InChI is InChI=1S/C52H50N14O7/c1-51(71,11-8-25-6-7-32-27-19-30(20-27)65-41(43(67)35-9-14-57-63(35)3)39(45(53)69)60-47(65)33(32)17-25)50-59-37(73-62-50)23-28-16-26(24-52(2,72)49-55-12-5-13-56-49)18-34-38(28)29-21-31(22-29)66-42(40(46(54)70)61-48(34)66)44(68)36-10-15-58-64(36)4/h5-7,9-10,12-18,27,29-31,43-44,67-68,71-72H,19-24H2,1-4H3,(H2,53,69)(H2,54,70)/t27?,29?,30?,31?,43?,44?,51-,52-/m1/s1. The van der Waals surface area contributed by atoms with Gasteiger partial charge in [0, 0.05) is 74.1 Å². The second kappa shape index (κ2) is 16.7. The van der Waals surface area contributed by atoms with Crippen LogP contribution in [0.2, 0.25) is 0 Å². The number of imidazole rings is 2. The van der Waals surface area contributed by atoms with Crippen LogP contribution in [0.1, 0.15) is 165 Å². The third kappa shape index (κ3) is 7.47. The fourth-order valence-corrected chi connectivity index (χ4v) is 11.4. The van der Waals surface area contributed by atoms with Crippen LogP contribution in [-0.4, -0.2) is 91.0 Å². The summed E-state index contributed by atoms with van der Waals surface area (Å²) in [4.78, 5) is 49.0. The zero-order valence-corrected chi connectivity index (χ0v) is 40.2. The molecule has 2 aliphatic carbocycles. The minimum absolute atomic E-state index is 0.0158. The Morgan fingerprint density at radius 3 is 1.93 bits per heavy atom. The molecule has 10 heterocycles. The molecule has 21 nitrogen and oxygen atoms in total. The first-order chi connectivity index (χ1) is 35.0. The number of carbonyl (C=O) groups is 2. The number of rotatable bonds is 12. The van der Waals surface area contributed by atoms with Gasteiger partial charge >= 0.3 is 0 Å². The average molecular weight is 983 g/mol. The minimum Gasteiger partial charge on any atom is -0.382 e. The lowest BCUT2D eigenvalue weighted by Gasteiger charge is -2.37. The van der Waals surface area contributed by atoms with E-state index >= 15 is 0 Å². The van der Waals surface area contributed by atoms with Crippen LogP contribution in [0, 0.1) is 11.8 Å². The Morgan fingerprint density at radius 1 is 0.767 bits per heavy atom. The summed E-state index contributed by atoms with van der Waals surface area (Å²) in [6.45, 7) is 3.12. The molecular weight excluding hydrogens is 933 g/mol. The van der Waals surface area contributed by atoms with Gasteiger partial charge in [-0.05, 0) is 110 Å². The second-order valence-corrected chi connectivity index (χ2v) is 20.1. The van der Waals surface area contributed by atoms with Crippen molar-refractivity contribution in [2.75, 3.05) is 0 Å². The van der Waals surface area contributed by atoms with Crippen molar-refractivity contribution in [1.82, 2.24) is 58.8 Å². The molecule has 0 saturated heterocycles. The van der Waals surface area contributed by atoms with Crippen LogP contribution in [-0.2, 0) is 38.1 Å². The molecule has 0 spiro atoms. The van der Waals surface area contributed by atoms with E-state index in [1.807, 2.05) is 39.5 Å². The van der Waals surface area contributed by atoms with E-state index in [-0.39, 0.29) is 71.4 Å². The number of aromatic nitrogens is 12. The maximum Gasteiger partial charge on any atom is 0.269 e. The van der Waals surface area contributed by atoms with Crippen molar-refractivity contribution in [2.24, 2.45) is 25.6 Å². The van der Waals surface area contributed by atoms with E-state index in [1.165, 1.54) is 6.92 Å². The summed E-state index contributed by atoms with van der Waals surface area (Å²) >= 11 is 0. The molecule has 2 amide bonds. The van der Waals surface area contributed by atoms with Gasteiger partial charge in [-0.15, -0.1) is 0 Å². The SMILES string of the molecule is Cn1nccc1C(O)c1c(C(N)=O)nc2n1C1CC(C1)c1ccc(C#C[C@@](C)(O)c3noc(Cc4cc(C[C@@](C)(O)c5ncccn5)cc5c4C4CC(C4)n4c-5nc(C(N)=O)c4C(O)c4ccnn4C)n3)cc1-2. The van der Waals surface area contributed by atoms with Gasteiger partial charge in [-0.1, -0.05) is 29.1 Å². The molecule has 2 unspecified atom stereocenters. The molecule has 370 valence electrons. The van der Waals surface area contributed by atoms with E-state index in [9.17, 15) is 30.0 Å². The summed E-state index contributed by atoms with van der Waals surface area (Å²) in [5.74, 6) is 6.07. The zero-order valence-electron chi connectivity index (χ0n) is 40.2. The first kappa shape index (κ1) is 45.9. The fourth-order valence-electron chi connectivity index (χ4n) is 11.4. The van der Waals surface area contributed by atoms with Gasteiger partial charge < -0.3 is 45.6 Å². The van der Waals surface area contributed by atoms with Crippen molar-refractivity contribution < 1.29 is 34.5 Å². The number of hydrogen-bond donors (Lipinski definition) is 6. The Kier molecular flexibility index (Phi) is 10.5. The molecule has 2 saturated carbocycles. The average Bonchev–Trinajstić information content (AvgIpc) is 4.18. The van der Waals surface area contributed by atoms with E-state index in [1.54, 1.807) is 73.4 Å². The molecule has 4 aliphatic heterocycles. The molecule has 4 bridgehead atoms. The molecule has 21 heteroatoms. The van der Waals surface area contributed by atoms with Crippen molar-refractivity contribution in [3.05, 3.63) is 153 Å². The number of nitrogens with zero attached hydrogens (tertiary/aromatic N) is 12. The van der Waals surface area contributed by atoms with Crippen molar-refractivity contribution >= 4 is 11.8 Å². The number of aliphatic hydroxyl groups excluding tert-OH is 2. The van der Waals surface area contributed by atoms with Gasteiger partial charge in [-0.3, -0.25) is 19.0 Å². The summed E-state index contributed by atoms with van der Waals surface area (Å²) in [5.41, 5.74) is 15.4. The number of carbonyl (C=O) groups excluding carboxylic acids is 2. The Labute approximate surface area is 416 Å². The lowest BCUT2D eigenvalue weighted by Crippen LogP contribution is -2.28. The molecule has 8 N–H and O–H groups in total. The van der Waals surface area contributed by atoms with Crippen LogP contribution in [0.5, 0.6) is 0 Å². The van der Waals surface area contributed by atoms with Crippen molar-refractivity contribution in [1.29, 1.82) is 0 Å². The van der Waals surface area contributed by atoms with E-state index in [4.69, 9.17) is 26.0 Å². The molecule has 0 radical (unpaired) electrons. The molecule has 2 aromatic carbocycles. The summed E-state index contributed by atoms with van der Waals surface area (Å²) in [5, 5.41) is 60.0. The van der Waals surface area contributed by atoms with Crippen molar-refractivity contribution in [3.63, 3.8) is 0 Å². The predicted octanol–water partition coefficient (Wildman–Crippen LogP) is 3.58. The van der Waals surface area contributed by atoms with Gasteiger partial charge in [0.2, 0.25) is 11.7 Å². The molecule has 6 aliphatic rings. The number of amides is 2. The van der Waals surface area contributed by atoms with Crippen LogP contribution in [0.15, 0.2) is 77.8 Å². The summed E-state index contributed by atoms with van der Waals surface area (Å²) in [6.07, 6.45) is 6.93. The lowest BCUT2D eigenvalue weighted by atomic mass is 9.73. The highest BCUT2D eigenvalue weighted by Crippen LogP contribution is 2.56. The number of hydrogen-bond acceptors (Lipinski definition) is 15. The first-order valence-corrected chi connectivity index (χ1v) is 24.0. The molecular formula is C52H50N14O7. The second-order valence-electron chi connectivity index (χ2n) is 20.1. The van der Waals surface area contributed by atoms with Crippen LogP contribution in [0.25, 0.3) is 22.8 Å². The predicted molar refractivity (Wildman–Crippen MR) is 258 cm³/mol. The van der Waals surface area contributed by atoms with Gasteiger partial charge in [0.25, 0.3) is 11.8 Å². The van der Waals surface area contributed by atoms with Crippen molar-refractivity contribution in [2.45, 2.75) is 99.7 Å². The highest BCUT2D eigenvalue weighted by Gasteiger charge is 2.46. The maximum atomic E-state index is 13.1. The molecule has 73 heavy (non-hydrogen) atoms. The number of aliphatic hydroxyl groups is 4. The van der Waals surface area contributed by atoms with Crippen LogP contribution < -0.4 is 11.5 Å². The highest BCUT2D eigenvalue weighted by molar-refractivity contribution is 5.94. The van der Waals surface area contributed by atoms with Gasteiger partial charge in [0.05, 0.1) is 29.2 Å². The van der Waals surface area contributed by atoms with Gasteiger partial charge in [0.15, 0.2) is 22.8 Å². The van der Waals surface area contributed by atoms with E-state index < -0.39 is 35.2 Å². The maximum absolute atomic E-state index is 13.1. The molecule has 4 atom stereocenters. The third-order valence-corrected chi connectivity index (χ3v) is 15.1. The zero-order chi connectivity index (χ0) is 50.8. The van der Waals surface area contributed by atoms with Gasteiger partial charge in [-0.25, -0.2) is 19.9 Å². The molecule has 2 fully saturated rings. The third-order valence-electron chi connectivity index (χ3n) is 15.1. The lowest BCUT2D eigenvalue weighted by molar-refractivity contribution is 0.0480. The minimum atomic E-state index is -1.89. The number of nitrogens with two attached hydrogens (primary N) is 2. The van der Waals surface area contributed by atoms with Gasteiger partial charge in [0.1, 0.15) is 29.5 Å². The Balaban J connectivity index is 0.897. The largest absolute Gasteiger partial charge is 0.382 e. The molecule has 6 aromatic heterocycles. The van der Waals surface area contributed by atoms with Gasteiger partial charge in [-0.2, -0.15) is 15.2 Å². The van der Waals surface area contributed by atoms with Crippen LogP contribution in [0.4, 0.5) is 0 Å². The first-order valence-electron chi connectivity index (χ1n) is 24.0. The highest BCUT2D eigenvalue weighted by atomic mass is 16.5. The Morgan fingerprint density at radius 2 is 1.36 bits per heavy atom. The monoisotopic (exact) mass is 982 g/mol. The quantitative estimate of drug-likeness (QED) is 0.0954. The van der Waals surface area contributed by atoms with Crippen LogP contribution in [0.3, 0.4) is 0 Å². The van der Waals surface area contributed by atoms with E-state index in [2.05, 4.69) is 42.1 Å². The summed E-state index contributed by atoms with van der Waals surface area (Å²) in [7, 11) is 3.42. The number of benzene rings is 2. The fraction of sp³-hybridized carbons (Fsp3) is 0.346.